The number of ether oxygens (including phenoxy) is 1. The number of rotatable bonds is 4. The van der Waals surface area contributed by atoms with Gasteiger partial charge in [0.15, 0.2) is 11.5 Å². The lowest BCUT2D eigenvalue weighted by Crippen LogP contribution is -2.45. The van der Waals surface area contributed by atoms with E-state index in [0.717, 1.165) is 31.7 Å². The topological polar surface area (TPSA) is 68.5 Å². The minimum Gasteiger partial charge on any atom is -0.503 e. The van der Waals surface area contributed by atoms with Crippen LogP contribution in [-0.4, -0.2) is 43.3 Å². The van der Waals surface area contributed by atoms with Crippen LogP contribution in [0.25, 0.3) is 0 Å². The number of phenolic OH excluding ortho intramolecular Hbond substituents is 1. The number of nitriles is 1. The Morgan fingerprint density at radius 1 is 1.41 bits per heavy atom. The van der Waals surface area contributed by atoms with Crippen LogP contribution in [-0.2, 0) is 0 Å². The monoisotopic (exact) mass is 367 g/mol. The summed E-state index contributed by atoms with van der Waals surface area (Å²) in [6.07, 6.45) is 0.379. The van der Waals surface area contributed by atoms with Gasteiger partial charge < -0.3 is 15.2 Å². The van der Waals surface area contributed by atoms with Crippen LogP contribution in [0.15, 0.2) is 12.1 Å². The highest BCUT2D eigenvalue weighted by molar-refractivity contribution is 6.32. The summed E-state index contributed by atoms with van der Waals surface area (Å²) in [5.74, 6) is 0.277. The Kier molecular flexibility index (Phi) is 9.58. The largest absolute Gasteiger partial charge is 0.503 e. The van der Waals surface area contributed by atoms with Crippen LogP contribution in [0.4, 0.5) is 0 Å². The Balaban J connectivity index is 0.00000220. The molecule has 1 heterocycles. The van der Waals surface area contributed by atoms with Gasteiger partial charge >= 0.3 is 0 Å². The molecule has 0 aliphatic carbocycles. The maximum atomic E-state index is 9.80. The fourth-order valence-corrected chi connectivity index (χ4v) is 2.70. The van der Waals surface area contributed by atoms with Crippen molar-refractivity contribution in [2.45, 2.75) is 12.5 Å². The van der Waals surface area contributed by atoms with Gasteiger partial charge in [-0.1, -0.05) is 11.6 Å². The Labute approximate surface area is 148 Å². The van der Waals surface area contributed by atoms with E-state index in [2.05, 4.69) is 16.3 Å². The quantitative estimate of drug-likeness (QED) is 0.855. The van der Waals surface area contributed by atoms with Gasteiger partial charge in [-0.2, -0.15) is 5.26 Å². The Morgan fingerprint density at radius 2 is 2.05 bits per heavy atom. The zero-order chi connectivity index (χ0) is 14.5. The highest BCUT2D eigenvalue weighted by Crippen LogP contribution is 2.38. The fourth-order valence-electron chi connectivity index (χ4n) is 2.48. The zero-order valence-electron chi connectivity index (χ0n) is 12.2. The molecule has 2 N–H and O–H groups in total. The highest BCUT2D eigenvalue weighted by Gasteiger charge is 2.24. The van der Waals surface area contributed by atoms with E-state index in [1.165, 1.54) is 7.11 Å². The van der Waals surface area contributed by atoms with Crippen LogP contribution in [0.2, 0.25) is 5.02 Å². The van der Waals surface area contributed by atoms with E-state index in [1.54, 1.807) is 12.1 Å². The first-order valence-electron chi connectivity index (χ1n) is 6.55. The number of nitrogens with one attached hydrogen (secondary N) is 1. The number of nitrogens with zero attached hydrogens (tertiary/aromatic N) is 2. The predicted octanol–water partition coefficient (Wildman–Crippen LogP) is 2.76. The van der Waals surface area contributed by atoms with Crippen molar-refractivity contribution >= 4 is 36.4 Å². The molecular formula is C14H20Cl3N3O2. The average Bonchev–Trinajstić information content (AvgIpc) is 2.48. The molecule has 8 heteroatoms. The molecule has 0 spiro atoms. The van der Waals surface area contributed by atoms with Gasteiger partial charge in [0.1, 0.15) is 0 Å². The van der Waals surface area contributed by atoms with Crippen molar-refractivity contribution in [2.75, 3.05) is 33.3 Å². The second kappa shape index (κ2) is 9.98. The minimum absolute atomic E-state index is 0. The second-order valence-corrected chi connectivity index (χ2v) is 5.12. The van der Waals surface area contributed by atoms with Crippen LogP contribution in [0.5, 0.6) is 11.5 Å². The number of phenols is 1. The SMILES string of the molecule is COc1cc([C@@H](CC#N)N2CCNCC2)cc(Cl)c1O.Cl.Cl. The lowest BCUT2D eigenvalue weighted by Gasteiger charge is -2.34. The number of hydrogen-bond acceptors (Lipinski definition) is 5. The molecule has 1 aromatic carbocycles. The fraction of sp³-hybridized carbons (Fsp3) is 0.500. The van der Waals surface area contributed by atoms with Gasteiger partial charge in [0, 0.05) is 32.2 Å². The molecule has 1 atom stereocenters. The van der Waals surface area contributed by atoms with Crippen molar-refractivity contribution in [1.29, 1.82) is 5.26 Å². The number of hydrogen-bond donors (Lipinski definition) is 2. The molecule has 0 radical (unpaired) electrons. The van der Waals surface area contributed by atoms with E-state index in [9.17, 15) is 5.11 Å². The molecule has 1 saturated heterocycles. The van der Waals surface area contributed by atoms with Gasteiger partial charge in [0.2, 0.25) is 0 Å². The average molecular weight is 369 g/mol. The Hall–Kier alpha value is -0.900. The Morgan fingerprint density at radius 3 is 2.59 bits per heavy atom. The molecule has 1 fully saturated rings. The summed E-state index contributed by atoms with van der Waals surface area (Å²) < 4.78 is 5.13. The lowest BCUT2D eigenvalue weighted by atomic mass is 10.0. The first-order chi connectivity index (χ1) is 9.67. The second-order valence-electron chi connectivity index (χ2n) is 4.72. The standard InChI is InChI=1S/C14H18ClN3O2.2ClH/c1-20-13-9-10(8-11(15)14(13)19)12(2-3-16)18-6-4-17-5-7-18;;/h8-9,12,17,19H,2,4-7H2,1H3;2*1H/t12-;;/m1../s1. The molecule has 0 unspecified atom stereocenters. The number of aromatic hydroxyl groups is 1. The van der Waals surface area contributed by atoms with Crippen LogP contribution in [0.3, 0.4) is 0 Å². The molecule has 0 amide bonds. The van der Waals surface area contributed by atoms with E-state index in [-0.39, 0.29) is 41.6 Å². The van der Waals surface area contributed by atoms with Crippen molar-refractivity contribution in [1.82, 2.24) is 10.2 Å². The van der Waals surface area contributed by atoms with Crippen molar-refractivity contribution in [3.05, 3.63) is 22.7 Å². The van der Waals surface area contributed by atoms with E-state index in [4.69, 9.17) is 21.6 Å². The predicted molar refractivity (Wildman–Crippen MR) is 91.6 cm³/mol. The number of piperazine rings is 1. The van der Waals surface area contributed by atoms with Gasteiger partial charge in [-0.15, -0.1) is 24.8 Å². The minimum atomic E-state index is -0.0612. The van der Waals surface area contributed by atoms with Gasteiger partial charge in [0.25, 0.3) is 0 Å². The van der Waals surface area contributed by atoms with Crippen LogP contribution in [0, 0.1) is 11.3 Å². The lowest BCUT2D eigenvalue weighted by molar-refractivity contribution is 0.175. The van der Waals surface area contributed by atoms with Gasteiger partial charge in [-0.05, 0) is 17.7 Å². The molecule has 1 aromatic rings. The van der Waals surface area contributed by atoms with E-state index < -0.39 is 0 Å². The highest BCUT2D eigenvalue weighted by atomic mass is 35.5. The molecular weight excluding hydrogens is 349 g/mol. The van der Waals surface area contributed by atoms with Gasteiger partial charge in [0.05, 0.1) is 24.6 Å². The maximum Gasteiger partial charge on any atom is 0.176 e. The first kappa shape index (κ1) is 21.1. The van der Waals surface area contributed by atoms with Gasteiger partial charge in [-0.3, -0.25) is 4.90 Å². The normalized spacial score (nSPS) is 15.9. The number of methoxy groups -OCH3 is 1. The zero-order valence-corrected chi connectivity index (χ0v) is 14.6. The number of halogens is 3. The van der Waals surface area contributed by atoms with E-state index in [1.807, 2.05) is 0 Å². The number of benzene rings is 1. The molecule has 124 valence electrons. The molecule has 5 nitrogen and oxygen atoms in total. The van der Waals surface area contributed by atoms with Crippen LogP contribution < -0.4 is 10.1 Å². The molecule has 1 aliphatic heterocycles. The van der Waals surface area contributed by atoms with Crippen LogP contribution in [0.1, 0.15) is 18.0 Å². The maximum absolute atomic E-state index is 9.80. The molecule has 0 bridgehead atoms. The van der Waals surface area contributed by atoms with E-state index in [0.29, 0.717) is 12.2 Å². The van der Waals surface area contributed by atoms with Crippen molar-refractivity contribution in [3.8, 4) is 17.6 Å². The van der Waals surface area contributed by atoms with Gasteiger partial charge in [-0.25, -0.2) is 0 Å². The molecule has 2 rings (SSSR count). The summed E-state index contributed by atoms with van der Waals surface area (Å²) in [7, 11) is 1.49. The molecule has 22 heavy (non-hydrogen) atoms. The molecule has 0 saturated carbocycles. The summed E-state index contributed by atoms with van der Waals surface area (Å²) >= 11 is 6.04. The summed E-state index contributed by atoms with van der Waals surface area (Å²) in [5, 5.41) is 22.4. The molecule has 1 aliphatic rings. The van der Waals surface area contributed by atoms with Crippen molar-refractivity contribution in [3.63, 3.8) is 0 Å². The summed E-state index contributed by atoms with van der Waals surface area (Å²) in [6, 6.07) is 5.66. The van der Waals surface area contributed by atoms with Crippen molar-refractivity contribution in [2.24, 2.45) is 0 Å². The Bertz CT molecular complexity index is 517. The molecule has 0 aromatic heterocycles. The third-order valence-electron chi connectivity index (χ3n) is 3.53. The summed E-state index contributed by atoms with van der Waals surface area (Å²) in [4.78, 5) is 2.25. The van der Waals surface area contributed by atoms with Crippen LogP contribution >= 0.6 is 36.4 Å². The first-order valence-corrected chi connectivity index (χ1v) is 6.93. The van der Waals surface area contributed by atoms with E-state index >= 15 is 0 Å². The smallest absolute Gasteiger partial charge is 0.176 e. The summed E-state index contributed by atoms with van der Waals surface area (Å²) in [6.45, 7) is 3.58. The summed E-state index contributed by atoms with van der Waals surface area (Å²) in [5.41, 5.74) is 0.896. The third kappa shape index (κ3) is 4.80. The third-order valence-corrected chi connectivity index (χ3v) is 3.82. The van der Waals surface area contributed by atoms with Crippen molar-refractivity contribution < 1.29 is 9.84 Å².